The van der Waals surface area contributed by atoms with Gasteiger partial charge < -0.3 is 25.0 Å². The van der Waals surface area contributed by atoms with Crippen LogP contribution in [0.3, 0.4) is 0 Å². The maximum Gasteiger partial charge on any atom is 0.337 e. The zero-order valence-corrected chi connectivity index (χ0v) is 33.7. The van der Waals surface area contributed by atoms with Crippen molar-refractivity contribution in [2.45, 2.75) is 83.7 Å². The molecule has 2 aliphatic carbocycles. The zero-order valence-electron chi connectivity index (χ0n) is 32.9. The van der Waals surface area contributed by atoms with Crippen molar-refractivity contribution in [3.05, 3.63) is 117 Å². The molecule has 4 aromatic rings. The van der Waals surface area contributed by atoms with Gasteiger partial charge in [0.2, 0.25) is 0 Å². The van der Waals surface area contributed by atoms with E-state index in [-0.39, 0.29) is 23.8 Å². The van der Waals surface area contributed by atoms with Crippen LogP contribution >= 0.6 is 11.3 Å². The first-order chi connectivity index (χ1) is 27.2. The number of ether oxygens (including phenoxy) is 2. The van der Waals surface area contributed by atoms with Gasteiger partial charge in [-0.05, 0) is 137 Å². The van der Waals surface area contributed by atoms with Gasteiger partial charge in [0.05, 0.1) is 24.8 Å². The number of thiophene rings is 1. The first kappa shape index (κ1) is 40.8. The van der Waals surface area contributed by atoms with E-state index >= 15 is 0 Å². The van der Waals surface area contributed by atoms with E-state index in [2.05, 4.69) is 33.5 Å². The van der Waals surface area contributed by atoms with Crippen molar-refractivity contribution in [2.24, 2.45) is 0 Å². The molecule has 2 aliphatic rings. The minimum atomic E-state index is -0.346. The minimum Gasteiger partial charge on any atom is -0.466 e. The van der Waals surface area contributed by atoms with Crippen LogP contribution in [-0.4, -0.2) is 80.0 Å². The Balaban J connectivity index is 1.06. The van der Waals surface area contributed by atoms with Gasteiger partial charge in [-0.15, -0.1) is 11.3 Å². The molecule has 0 spiro atoms. The number of nitrogens with one attached hydrogen (secondary N) is 2. The number of benzene rings is 3. The molecule has 0 radical (unpaired) electrons. The highest BCUT2D eigenvalue weighted by Crippen LogP contribution is 2.39. The molecule has 2 N–H and O–H groups in total. The number of anilines is 2. The molecule has 0 saturated heterocycles. The maximum absolute atomic E-state index is 13.9. The van der Waals surface area contributed by atoms with Crippen molar-refractivity contribution >= 4 is 45.8 Å². The number of nitrogens with zero attached hydrogens (tertiary/aromatic N) is 2. The van der Waals surface area contributed by atoms with Crippen LogP contribution in [0.1, 0.15) is 104 Å². The SMILES string of the molecule is CCOC(=O)CCCN(C)CCN(Cc1cccc(C(=O)Nc2sc3c(c2C(=O)Nc2ccc(CCc4ccc(C(=O)OC)cc4)cc2)CCCC3)c1)C1CC1. The van der Waals surface area contributed by atoms with Crippen LogP contribution in [-0.2, 0) is 46.5 Å². The molecule has 1 aromatic heterocycles. The molecule has 2 amide bonds. The molecule has 10 nitrogen and oxygen atoms in total. The van der Waals surface area contributed by atoms with Gasteiger partial charge >= 0.3 is 11.9 Å². The second-order valence-corrected chi connectivity index (χ2v) is 15.9. The van der Waals surface area contributed by atoms with Gasteiger partial charge in [0, 0.05) is 48.2 Å². The number of rotatable bonds is 19. The quantitative estimate of drug-likeness (QED) is 0.0923. The van der Waals surface area contributed by atoms with E-state index in [9.17, 15) is 19.2 Å². The summed E-state index contributed by atoms with van der Waals surface area (Å²) in [5.41, 5.74) is 6.76. The minimum absolute atomic E-state index is 0.139. The lowest BCUT2D eigenvalue weighted by molar-refractivity contribution is -0.143. The first-order valence-electron chi connectivity index (χ1n) is 19.9. The van der Waals surface area contributed by atoms with E-state index in [1.807, 2.05) is 61.5 Å². The highest BCUT2D eigenvalue weighted by molar-refractivity contribution is 7.17. The normalized spacial score (nSPS) is 13.7. The molecule has 0 bridgehead atoms. The predicted octanol–water partition coefficient (Wildman–Crippen LogP) is 7.94. The fourth-order valence-electron chi connectivity index (χ4n) is 7.25. The molecule has 3 aromatic carbocycles. The average Bonchev–Trinajstić information content (AvgIpc) is 3.99. The largest absolute Gasteiger partial charge is 0.466 e. The number of carbonyl (C=O) groups is 4. The Morgan fingerprint density at radius 2 is 1.52 bits per heavy atom. The number of carbonyl (C=O) groups excluding carboxylic acids is 4. The van der Waals surface area contributed by atoms with Gasteiger partial charge in [0.15, 0.2) is 0 Å². The lowest BCUT2D eigenvalue weighted by atomic mass is 9.95. The summed E-state index contributed by atoms with van der Waals surface area (Å²) >= 11 is 1.52. The summed E-state index contributed by atoms with van der Waals surface area (Å²) in [5, 5.41) is 6.84. The first-order valence-corrected chi connectivity index (χ1v) is 20.7. The number of aryl methyl sites for hydroxylation is 3. The molecule has 0 unspecified atom stereocenters. The highest BCUT2D eigenvalue weighted by Gasteiger charge is 2.30. The van der Waals surface area contributed by atoms with Crippen molar-refractivity contribution in [2.75, 3.05) is 51.0 Å². The molecular weight excluding hydrogens is 725 g/mol. The van der Waals surface area contributed by atoms with Crippen LogP contribution in [0.25, 0.3) is 0 Å². The Morgan fingerprint density at radius 1 is 0.804 bits per heavy atom. The highest BCUT2D eigenvalue weighted by atomic mass is 32.1. The zero-order chi connectivity index (χ0) is 39.4. The fraction of sp³-hybridized carbons (Fsp3) is 0.422. The van der Waals surface area contributed by atoms with Crippen molar-refractivity contribution in [1.29, 1.82) is 0 Å². The summed E-state index contributed by atoms with van der Waals surface area (Å²) in [6.07, 6.45) is 9.02. The van der Waals surface area contributed by atoms with E-state index < -0.39 is 0 Å². The maximum atomic E-state index is 13.9. The number of methoxy groups -OCH3 is 1. The summed E-state index contributed by atoms with van der Waals surface area (Å²) in [6, 6.07) is 23.7. The Hall–Kier alpha value is -4.84. The predicted molar refractivity (Wildman–Crippen MR) is 222 cm³/mol. The lowest BCUT2D eigenvalue weighted by Crippen LogP contribution is -2.35. The Morgan fingerprint density at radius 3 is 2.21 bits per heavy atom. The van der Waals surface area contributed by atoms with Gasteiger partial charge in [-0.25, -0.2) is 4.79 Å². The summed E-state index contributed by atoms with van der Waals surface area (Å²) in [4.78, 5) is 57.1. The van der Waals surface area contributed by atoms with E-state index in [1.54, 1.807) is 12.1 Å². The molecule has 0 aliphatic heterocycles. The number of hydrogen-bond acceptors (Lipinski definition) is 9. The number of hydrogen-bond donors (Lipinski definition) is 2. The van der Waals surface area contributed by atoms with Crippen LogP contribution in [0.15, 0.2) is 72.8 Å². The van der Waals surface area contributed by atoms with E-state index in [1.165, 1.54) is 36.2 Å². The van der Waals surface area contributed by atoms with Gasteiger partial charge in [-0.2, -0.15) is 0 Å². The molecule has 0 atom stereocenters. The third kappa shape index (κ3) is 11.4. The number of fused-ring (bicyclic) bond motifs is 1. The molecule has 11 heteroatoms. The third-order valence-corrected chi connectivity index (χ3v) is 11.8. The van der Waals surface area contributed by atoms with E-state index in [0.717, 1.165) is 93.4 Å². The second kappa shape index (κ2) is 19.8. The van der Waals surface area contributed by atoms with Crippen LogP contribution in [0.2, 0.25) is 0 Å². The molecule has 1 saturated carbocycles. The number of likely N-dealkylation sites (N-methyl/N-ethyl adjacent to an activating group) is 1. The van der Waals surface area contributed by atoms with E-state index in [4.69, 9.17) is 9.47 Å². The van der Waals surface area contributed by atoms with E-state index in [0.29, 0.717) is 46.4 Å². The standard InChI is InChI=1S/C45H54N4O6S/c1-4-55-40(50)13-8-26-48(2)27-28-49(37-24-25-37)30-33-9-7-10-35(29-33)42(51)47-44-41(38-11-5-6-12-39(38)56-44)43(52)46-36-22-18-32(19-23-36)15-14-31-16-20-34(21-17-31)45(53)54-3/h7,9-10,16-23,29,37H,4-6,8,11-15,24-28,30H2,1-3H3,(H,46,52)(H,47,51). The van der Waals surface area contributed by atoms with Crippen LogP contribution in [0.4, 0.5) is 10.7 Å². The summed E-state index contributed by atoms with van der Waals surface area (Å²) in [6.45, 7) is 5.65. The molecule has 56 heavy (non-hydrogen) atoms. The van der Waals surface area contributed by atoms with Crippen molar-refractivity contribution in [3.63, 3.8) is 0 Å². The smallest absolute Gasteiger partial charge is 0.337 e. The van der Waals surface area contributed by atoms with Gasteiger partial charge in [-0.3, -0.25) is 19.3 Å². The summed E-state index contributed by atoms with van der Waals surface area (Å²) in [7, 11) is 3.47. The molecule has 1 fully saturated rings. The number of esters is 2. The van der Waals surface area contributed by atoms with Gasteiger partial charge in [0.25, 0.3) is 11.8 Å². The molecule has 6 rings (SSSR count). The average molecular weight is 779 g/mol. The monoisotopic (exact) mass is 778 g/mol. The summed E-state index contributed by atoms with van der Waals surface area (Å²) in [5.74, 6) is -0.915. The van der Waals surface area contributed by atoms with Crippen LogP contribution in [0, 0.1) is 0 Å². The van der Waals surface area contributed by atoms with Gasteiger partial charge in [-0.1, -0.05) is 36.4 Å². The number of amides is 2. The van der Waals surface area contributed by atoms with Gasteiger partial charge in [0.1, 0.15) is 5.00 Å². The second-order valence-electron chi connectivity index (χ2n) is 14.8. The van der Waals surface area contributed by atoms with Crippen LogP contribution in [0.5, 0.6) is 0 Å². The van der Waals surface area contributed by atoms with Crippen LogP contribution < -0.4 is 10.6 Å². The topological polar surface area (TPSA) is 117 Å². The Kier molecular flexibility index (Phi) is 14.5. The molecule has 296 valence electrons. The van der Waals surface area contributed by atoms with Crippen molar-refractivity contribution in [3.8, 4) is 0 Å². The van der Waals surface area contributed by atoms with Crippen molar-refractivity contribution in [1.82, 2.24) is 9.80 Å². The third-order valence-electron chi connectivity index (χ3n) is 10.5. The molecule has 1 heterocycles. The fourth-order valence-corrected chi connectivity index (χ4v) is 8.53. The lowest BCUT2D eigenvalue weighted by Gasteiger charge is -2.25. The Bertz CT molecular complexity index is 1970. The van der Waals surface area contributed by atoms with Crippen molar-refractivity contribution < 1.29 is 28.7 Å². The summed E-state index contributed by atoms with van der Waals surface area (Å²) < 4.78 is 9.84. The Labute approximate surface area is 334 Å². The molecular formula is C45H54N4O6S.